The summed E-state index contributed by atoms with van der Waals surface area (Å²) in [7, 11) is 0. The van der Waals surface area contributed by atoms with E-state index in [9.17, 15) is 15.0 Å². The first-order valence-corrected chi connectivity index (χ1v) is 13.3. The highest BCUT2D eigenvalue weighted by molar-refractivity contribution is 5.83. The molecule has 2 aliphatic heterocycles. The van der Waals surface area contributed by atoms with E-state index in [0.717, 1.165) is 25.9 Å². The minimum Gasteiger partial charge on any atom is -0.390 e. The third kappa shape index (κ3) is 2.74. The number of carbonyl (C=O) groups excluding carboxylic acids is 1. The van der Waals surface area contributed by atoms with Crippen molar-refractivity contribution in [1.82, 2.24) is 0 Å². The Bertz CT molecular complexity index is 789. The van der Waals surface area contributed by atoms with Crippen LogP contribution in [-0.2, 0) is 14.3 Å². The number of rotatable bonds is 0. The van der Waals surface area contributed by atoms with Crippen molar-refractivity contribution in [2.45, 2.75) is 103 Å². The lowest BCUT2D eigenvalue weighted by atomic mass is 9.44. The fourth-order valence-electron chi connectivity index (χ4n) is 10.1. The van der Waals surface area contributed by atoms with Crippen molar-refractivity contribution in [1.29, 1.82) is 0 Å². The summed E-state index contributed by atoms with van der Waals surface area (Å²) in [4.78, 5) is 13.4. The molecule has 4 saturated carbocycles. The summed E-state index contributed by atoms with van der Waals surface area (Å²) < 4.78 is 13.2. The first-order valence-electron chi connectivity index (χ1n) is 13.3. The Morgan fingerprint density at radius 2 is 1.75 bits per heavy atom. The molecule has 0 aromatic carbocycles. The van der Waals surface area contributed by atoms with Crippen molar-refractivity contribution >= 4 is 5.78 Å². The van der Waals surface area contributed by atoms with Crippen LogP contribution in [0.5, 0.6) is 0 Å². The molecule has 5 nitrogen and oxygen atoms in total. The molecule has 2 heterocycles. The van der Waals surface area contributed by atoms with Crippen LogP contribution in [0.2, 0.25) is 0 Å². The van der Waals surface area contributed by atoms with Crippen molar-refractivity contribution in [2.24, 2.45) is 52.3 Å². The lowest BCUT2D eigenvalue weighted by molar-refractivity contribution is -0.273. The summed E-state index contributed by atoms with van der Waals surface area (Å²) in [5.41, 5.74) is 0.00540. The summed E-state index contributed by atoms with van der Waals surface area (Å²) in [5.74, 6) is 2.69. The van der Waals surface area contributed by atoms with Gasteiger partial charge in [0.15, 0.2) is 5.79 Å². The zero-order valence-corrected chi connectivity index (χ0v) is 20.3. The maximum atomic E-state index is 13.4. The lowest BCUT2D eigenvalue weighted by Crippen LogP contribution is -2.59. The normalized spacial score (nSPS) is 61.8. The summed E-state index contributed by atoms with van der Waals surface area (Å²) >= 11 is 0. The van der Waals surface area contributed by atoms with E-state index in [2.05, 4.69) is 27.7 Å². The van der Waals surface area contributed by atoms with Crippen molar-refractivity contribution in [2.75, 3.05) is 6.61 Å². The quantitative estimate of drug-likeness (QED) is 0.589. The summed E-state index contributed by atoms with van der Waals surface area (Å²) in [6, 6.07) is 0. The van der Waals surface area contributed by atoms with Gasteiger partial charge in [-0.1, -0.05) is 27.7 Å². The second-order valence-electron chi connectivity index (χ2n) is 13.2. The van der Waals surface area contributed by atoms with Crippen LogP contribution >= 0.6 is 0 Å². The Morgan fingerprint density at radius 1 is 0.969 bits per heavy atom. The highest BCUT2D eigenvalue weighted by Gasteiger charge is 2.70. The number of hydrogen-bond acceptors (Lipinski definition) is 5. The molecule has 0 amide bonds. The second kappa shape index (κ2) is 7.02. The number of ether oxygens (including phenoxy) is 2. The number of hydrogen-bond donors (Lipinski definition) is 2. The van der Waals surface area contributed by atoms with Crippen molar-refractivity contribution in [3.8, 4) is 0 Å². The molecule has 0 radical (unpaired) electrons. The molecular formula is C27H42O5. The Hall–Kier alpha value is -0.490. The van der Waals surface area contributed by atoms with E-state index in [1.54, 1.807) is 0 Å². The van der Waals surface area contributed by atoms with Crippen molar-refractivity contribution < 1.29 is 24.5 Å². The fourth-order valence-corrected chi connectivity index (χ4v) is 10.1. The maximum Gasteiger partial charge on any atom is 0.171 e. The molecular weight excluding hydrogens is 404 g/mol. The lowest BCUT2D eigenvalue weighted by Gasteiger charge is -2.61. The van der Waals surface area contributed by atoms with Gasteiger partial charge in [-0.25, -0.2) is 0 Å². The number of ketones is 1. The van der Waals surface area contributed by atoms with Crippen LogP contribution in [0.3, 0.4) is 0 Å². The molecule has 5 heteroatoms. The van der Waals surface area contributed by atoms with Crippen LogP contribution in [0.25, 0.3) is 0 Å². The van der Waals surface area contributed by atoms with Gasteiger partial charge in [0.25, 0.3) is 0 Å². The van der Waals surface area contributed by atoms with Crippen LogP contribution in [-0.4, -0.2) is 46.7 Å². The monoisotopic (exact) mass is 446 g/mol. The van der Waals surface area contributed by atoms with Crippen LogP contribution in [0.4, 0.5) is 0 Å². The largest absolute Gasteiger partial charge is 0.390 e. The predicted molar refractivity (Wildman–Crippen MR) is 120 cm³/mol. The van der Waals surface area contributed by atoms with Gasteiger partial charge >= 0.3 is 0 Å². The molecule has 6 rings (SSSR count). The van der Waals surface area contributed by atoms with Gasteiger partial charge in [-0.15, -0.1) is 0 Å². The highest BCUT2D eigenvalue weighted by atomic mass is 16.7. The first-order chi connectivity index (χ1) is 15.1. The van der Waals surface area contributed by atoms with Crippen molar-refractivity contribution in [3.63, 3.8) is 0 Å². The average Bonchev–Trinajstić information content (AvgIpc) is 3.18. The smallest absolute Gasteiger partial charge is 0.171 e. The molecule has 0 unspecified atom stereocenters. The van der Waals surface area contributed by atoms with Gasteiger partial charge in [-0.3, -0.25) is 4.79 Å². The van der Waals surface area contributed by atoms with E-state index in [0.29, 0.717) is 60.6 Å². The van der Waals surface area contributed by atoms with Crippen LogP contribution in [0.1, 0.15) is 79.1 Å². The Labute approximate surface area is 192 Å². The van der Waals surface area contributed by atoms with Crippen LogP contribution in [0, 0.1) is 52.3 Å². The van der Waals surface area contributed by atoms with Gasteiger partial charge in [0.05, 0.1) is 24.9 Å². The zero-order chi connectivity index (χ0) is 22.6. The molecule has 2 saturated heterocycles. The summed E-state index contributed by atoms with van der Waals surface area (Å²) in [6.07, 6.45) is 5.97. The van der Waals surface area contributed by atoms with Crippen LogP contribution < -0.4 is 0 Å². The van der Waals surface area contributed by atoms with E-state index in [-0.39, 0.29) is 22.9 Å². The second-order valence-corrected chi connectivity index (χ2v) is 13.2. The Balaban J connectivity index is 1.29. The Morgan fingerprint density at radius 3 is 2.47 bits per heavy atom. The van der Waals surface area contributed by atoms with Gasteiger partial charge in [0.2, 0.25) is 0 Å². The molecule has 6 fully saturated rings. The fraction of sp³-hybridized carbons (Fsp3) is 0.963. The SMILES string of the molecule is C[C@@H]1CC[C@@]2(OC1)O[C@H]1C[C@@H]3[C@@H]4CC(=O)[C@H]5C[C@@H](O)[C@H](O)C[C@]5(C)[C@@H]4CC[C@]3(C)[C@H]1[C@@H]2C. The number of aliphatic hydroxyl groups excluding tert-OH is 2. The zero-order valence-electron chi connectivity index (χ0n) is 20.3. The molecule has 0 bridgehead atoms. The number of fused-ring (bicyclic) bond motifs is 7. The number of aliphatic hydroxyl groups is 2. The van der Waals surface area contributed by atoms with Gasteiger partial charge in [-0.05, 0) is 78.9 Å². The highest BCUT2D eigenvalue weighted by Crippen LogP contribution is 2.71. The Kier molecular flexibility index (Phi) is 4.83. The topological polar surface area (TPSA) is 76.0 Å². The molecule has 4 aliphatic carbocycles. The molecule has 180 valence electrons. The predicted octanol–water partition coefficient (Wildman–Crippen LogP) is 3.94. The van der Waals surface area contributed by atoms with Gasteiger partial charge in [-0.2, -0.15) is 0 Å². The molecule has 0 aromatic rings. The van der Waals surface area contributed by atoms with Gasteiger partial charge in [0.1, 0.15) is 5.78 Å². The van der Waals surface area contributed by atoms with Gasteiger partial charge in [0, 0.05) is 24.7 Å². The van der Waals surface area contributed by atoms with Crippen molar-refractivity contribution in [3.05, 3.63) is 0 Å². The molecule has 6 aliphatic rings. The van der Waals surface area contributed by atoms with E-state index >= 15 is 0 Å². The minimum atomic E-state index is -0.753. The third-order valence-corrected chi connectivity index (χ3v) is 11.7. The van der Waals surface area contributed by atoms with Gasteiger partial charge < -0.3 is 19.7 Å². The molecule has 13 atom stereocenters. The van der Waals surface area contributed by atoms with E-state index in [1.807, 2.05) is 0 Å². The van der Waals surface area contributed by atoms with E-state index < -0.39 is 18.0 Å². The molecule has 2 N–H and O–H groups in total. The number of Topliss-reactive ketones (excluding diaryl/α,β-unsaturated/α-hetero) is 1. The summed E-state index contributed by atoms with van der Waals surface area (Å²) in [5, 5.41) is 20.8. The molecule has 1 spiro atoms. The minimum absolute atomic E-state index is 0.0940. The number of carbonyl (C=O) groups is 1. The molecule has 0 aromatic heterocycles. The first kappa shape index (κ1) is 22.0. The standard InChI is InChI=1S/C27H42O5/c1-14-5-8-27(31-13-14)15(2)24-23(32-27)11-18-16-9-20(28)19-10-21(29)22(30)12-26(19,4)17(16)6-7-25(18,24)3/h14-19,21-24,29-30H,5-13H2,1-4H3/t14-,15+,16-,17-,18-,19-,21-,22-,23+,24+,25+,26-,27-/m1/s1. The summed E-state index contributed by atoms with van der Waals surface area (Å²) in [6.45, 7) is 10.2. The third-order valence-electron chi connectivity index (χ3n) is 11.7. The van der Waals surface area contributed by atoms with E-state index in [4.69, 9.17) is 9.47 Å². The van der Waals surface area contributed by atoms with E-state index in [1.165, 1.54) is 12.8 Å². The van der Waals surface area contributed by atoms with Crippen LogP contribution in [0.15, 0.2) is 0 Å². The maximum absolute atomic E-state index is 13.4. The average molecular weight is 447 g/mol. The molecule has 32 heavy (non-hydrogen) atoms.